The van der Waals surface area contributed by atoms with Crippen LogP contribution in [0.4, 0.5) is 0 Å². The molecule has 0 saturated heterocycles. The summed E-state index contributed by atoms with van der Waals surface area (Å²) in [7, 11) is 0. The lowest BCUT2D eigenvalue weighted by Crippen LogP contribution is -1.94. The molecule has 0 saturated carbocycles. The molecule has 19 heavy (non-hydrogen) atoms. The third kappa shape index (κ3) is 2.93. The van der Waals surface area contributed by atoms with Crippen LogP contribution in [0.15, 0.2) is 48.5 Å². The number of rotatable bonds is 3. The Bertz CT molecular complexity index is 627. The second-order valence-electron chi connectivity index (χ2n) is 3.96. The second kappa shape index (κ2) is 5.27. The summed E-state index contributed by atoms with van der Waals surface area (Å²) in [4.78, 5) is 11.9. The highest BCUT2D eigenvalue weighted by molar-refractivity contribution is 6.09. The summed E-state index contributed by atoms with van der Waals surface area (Å²) in [5, 5.41) is 28.0. The molecule has 2 rings (SSSR count). The quantitative estimate of drug-likeness (QED) is 0.448. The molecule has 2 aromatic carbocycles. The van der Waals surface area contributed by atoms with Gasteiger partial charge in [0.1, 0.15) is 5.75 Å². The minimum atomic E-state index is -0.428. The highest BCUT2D eigenvalue weighted by Crippen LogP contribution is 2.28. The Labute approximate surface area is 109 Å². The summed E-state index contributed by atoms with van der Waals surface area (Å²) in [6.45, 7) is 0. The van der Waals surface area contributed by atoms with Crippen LogP contribution in [0.5, 0.6) is 17.2 Å². The highest BCUT2D eigenvalue weighted by Gasteiger charge is 2.10. The van der Waals surface area contributed by atoms with Crippen LogP contribution in [0.2, 0.25) is 0 Å². The van der Waals surface area contributed by atoms with Crippen molar-refractivity contribution in [3.63, 3.8) is 0 Å². The summed E-state index contributed by atoms with van der Waals surface area (Å²) in [5.41, 5.74) is 0.779. The molecule has 4 nitrogen and oxygen atoms in total. The zero-order valence-electron chi connectivity index (χ0n) is 9.95. The molecule has 3 N–H and O–H groups in total. The zero-order valence-corrected chi connectivity index (χ0v) is 9.95. The molecule has 0 heterocycles. The van der Waals surface area contributed by atoms with E-state index in [4.69, 9.17) is 5.11 Å². The molecule has 0 atom stereocenters. The lowest BCUT2D eigenvalue weighted by Gasteiger charge is -2.02. The van der Waals surface area contributed by atoms with Crippen molar-refractivity contribution in [3.05, 3.63) is 59.7 Å². The van der Waals surface area contributed by atoms with E-state index in [-0.39, 0.29) is 17.1 Å². The van der Waals surface area contributed by atoms with Crippen LogP contribution < -0.4 is 0 Å². The van der Waals surface area contributed by atoms with Crippen molar-refractivity contribution in [1.29, 1.82) is 0 Å². The number of aromatic hydroxyl groups is 3. The monoisotopic (exact) mass is 256 g/mol. The molecular weight excluding hydrogens is 244 g/mol. The number of hydrogen-bond donors (Lipinski definition) is 3. The molecule has 0 unspecified atom stereocenters. The number of para-hydroxylation sites is 1. The first kappa shape index (κ1) is 12.7. The molecule has 0 aliphatic heterocycles. The molecular formula is C15H12O4. The molecule has 0 amide bonds. The fourth-order valence-corrected chi connectivity index (χ4v) is 1.58. The van der Waals surface area contributed by atoms with Crippen LogP contribution in [0.1, 0.15) is 15.9 Å². The SMILES string of the molecule is O=C(C=Cc1ccc(O)cc1)c1cccc(O)c1O. The lowest BCUT2D eigenvalue weighted by molar-refractivity contribution is 0.104. The van der Waals surface area contributed by atoms with Crippen molar-refractivity contribution in [1.82, 2.24) is 0 Å². The number of phenols is 3. The Morgan fingerprint density at radius 3 is 2.32 bits per heavy atom. The van der Waals surface area contributed by atoms with Gasteiger partial charge in [-0.1, -0.05) is 24.3 Å². The van der Waals surface area contributed by atoms with Crippen LogP contribution in [-0.2, 0) is 0 Å². The van der Waals surface area contributed by atoms with Gasteiger partial charge < -0.3 is 15.3 Å². The van der Waals surface area contributed by atoms with Gasteiger partial charge in [0, 0.05) is 0 Å². The maximum atomic E-state index is 11.9. The van der Waals surface area contributed by atoms with Crippen molar-refractivity contribution in [2.45, 2.75) is 0 Å². The fraction of sp³-hybridized carbons (Fsp3) is 0. The molecule has 0 fully saturated rings. The number of benzene rings is 2. The molecule has 0 spiro atoms. The van der Waals surface area contributed by atoms with Crippen LogP contribution in [0, 0.1) is 0 Å². The van der Waals surface area contributed by atoms with E-state index in [1.165, 1.54) is 36.4 Å². The van der Waals surface area contributed by atoms with Gasteiger partial charge in [-0.05, 0) is 35.9 Å². The first-order chi connectivity index (χ1) is 9.08. The maximum Gasteiger partial charge on any atom is 0.189 e. The van der Waals surface area contributed by atoms with Gasteiger partial charge >= 0.3 is 0 Å². The average Bonchev–Trinajstić information content (AvgIpc) is 2.41. The topological polar surface area (TPSA) is 77.8 Å². The first-order valence-electron chi connectivity index (χ1n) is 5.60. The fourth-order valence-electron chi connectivity index (χ4n) is 1.58. The molecule has 4 heteroatoms. The van der Waals surface area contributed by atoms with Crippen molar-refractivity contribution in [2.24, 2.45) is 0 Å². The van der Waals surface area contributed by atoms with Crippen LogP contribution in [0.25, 0.3) is 6.08 Å². The first-order valence-corrected chi connectivity index (χ1v) is 5.60. The van der Waals surface area contributed by atoms with Crippen molar-refractivity contribution in [2.75, 3.05) is 0 Å². The minimum absolute atomic E-state index is 0.0371. The summed E-state index contributed by atoms with van der Waals surface area (Å²) in [6.07, 6.45) is 2.85. The van der Waals surface area contributed by atoms with E-state index in [1.807, 2.05) is 0 Å². The predicted octanol–water partition coefficient (Wildman–Crippen LogP) is 2.70. The van der Waals surface area contributed by atoms with Crippen molar-refractivity contribution in [3.8, 4) is 17.2 Å². The number of hydrogen-bond acceptors (Lipinski definition) is 4. The molecule has 0 bridgehead atoms. The Balaban J connectivity index is 2.21. The van der Waals surface area contributed by atoms with Gasteiger partial charge in [0.25, 0.3) is 0 Å². The lowest BCUT2D eigenvalue weighted by atomic mass is 10.1. The third-order valence-electron chi connectivity index (χ3n) is 2.60. The van der Waals surface area contributed by atoms with Crippen LogP contribution in [0.3, 0.4) is 0 Å². The van der Waals surface area contributed by atoms with Gasteiger partial charge in [-0.2, -0.15) is 0 Å². The highest BCUT2D eigenvalue weighted by atomic mass is 16.3. The zero-order chi connectivity index (χ0) is 13.8. The number of ketones is 1. The van der Waals surface area contributed by atoms with Gasteiger partial charge in [0.15, 0.2) is 17.3 Å². The second-order valence-corrected chi connectivity index (χ2v) is 3.96. The normalized spacial score (nSPS) is 10.7. The Kier molecular flexibility index (Phi) is 3.52. The van der Waals surface area contributed by atoms with Gasteiger partial charge in [-0.3, -0.25) is 4.79 Å². The van der Waals surface area contributed by atoms with E-state index in [0.717, 1.165) is 5.56 Å². The number of allylic oxidation sites excluding steroid dienone is 1. The summed E-state index contributed by atoms with van der Waals surface area (Å²) in [6, 6.07) is 10.5. The molecule has 96 valence electrons. The molecule has 2 aromatic rings. The molecule has 0 aromatic heterocycles. The minimum Gasteiger partial charge on any atom is -0.508 e. The standard InChI is InChI=1S/C15H12O4/c16-11-7-4-10(5-8-11)6-9-13(17)12-2-1-3-14(18)15(12)19/h1-9,16,18-19H. The number of carbonyl (C=O) groups excluding carboxylic acids is 1. The Morgan fingerprint density at radius 2 is 1.63 bits per heavy atom. The van der Waals surface area contributed by atoms with E-state index in [9.17, 15) is 15.0 Å². The van der Waals surface area contributed by atoms with E-state index in [0.29, 0.717) is 0 Å². The van der Waals surface area contributed by atoms with Gasteiger partial charge in [0.2, 0.25) is 0 Å². The average molecular weight is 256 g/mol. The summed E-state index contributed by atoms with van der Waals surface area (Å²) in [5.74, 6) is -1.03. The number of phenolic OH excluding ortho intramolecular Hbond substituents is 3. The molecule has 0 radical (unpaired) electrons. The number of carbonyl (C=O) groups is 1. The van der Waals surface area contributed by atoms with Gasteiger partial charge in [-0.25, -0.2) is 0 Å². The van der Waals surface area contributed by atoms with Crippen LogP contribution in [-0.4, -0.2) is 21.1 Å². The van der Waals surface area contributed by atoms with Crippen LogP contribution >= 0.6 is 0 Å². The van der Waals surface area contributed by atoms with E-state index in [2.05, 4.69) is 0 Å². The van der Waals surface area contributed by atoms with E-state index >= 15 is 0 Å². The largest absolute Gasteiger partial charge is 0.508 e. The van der Waals surface area contributed by atoms with Crippen molar-refractivity contribution >= 4 is 11.9 Å². The summed E-state index contributed by atoms with van der Waals surface area (Å²) < 4.78 is 0. The summed E-state index contributed by atoms with van der Waals surface area (Å²) >= 11 is 0. The predicted molar refractivity (Wildman–Crippen MR) is 71.2 cm³/mol. The Hall–Kier alpha value is -2.75. The van der Waals surface area contributed by atoms with E-state index in [1.54, 1.807) is 18.2 Å². The van der Waals surface area contributed by atoms with Gasteiger partial charge in [0.05, 0.1) is 5.56 Å². The Morgan fingerprint density at radius 1 is 0.947 bits per heavy atom. The third-order valence-corrected chi connectivity index (χ3v) is 2.60. The van der Waals surface area contributed by atoms with Gasteiger partial charge in [-0.15, -0.1) is 0 Å². The maximum absolute atomic E-state index is 11.9. The smallest absolute Gasteiger partial charge is 0.189 e. The molecule has 0 aliphatic carbocycles. The molecule has 0 aliphatic rings. The van der Waals surface area contributed by atoms with E-state index < -0.39 is 11.5 Å². The van der Waals surface area contributed by atoms with Crippen molar-refractivity contribution < 1.29 is 20.1 Å².